The molecule has 1 N–H and O–H groups in total. The van der Waals surface area contributed by atoms with Crippen LogP contribution in [0.5, 0.6) is 0 Å². The molecule has 0 amide bonds. The van der Waals surface area contributed by atoms with E-state index in [1.54, 1.807) is 11.3 Å². The predicted molar refractivity (Wildman–Crippen MR) is 78.6 cm³/mol. The largest absolute Gasteiger partial charge is 0.306 e. The highest BCUT2D eigenvalue weighted by atomic mass is 79.9. The topological polar surface area (TPSA) is 12.0 Å². The number of nitrogens with one attached hydrogen (secondary N) is 1. The van der Waals surface area contributed by atoms with Crippen molar-refractivity contribution in [3.63, 3.8) is 0 Å². The SMILES string of the molecule is CCCNC(c1ccsc1)c1ccccc1Br. The third-order valence-electron chi connectivity index (χ3n) is 2.69. The van der Waals surface area contributed by atoms with Crippen molar-refractivity contribution < 1.29 is 0 Å². The van der Waals surface area contributed by atoms with Gasteiger partial charge in [-0.05, 0) is 47.0 Å². The molecule has 1 atom stereocenters. The second kappa shape index (κ2) is 6.34. The Kier molecular flexibility index (Phi) is 4.77. The van der Waals surface area contributed by atoms with E-state index >= 15 is 0 Å². The van der Waals surface area contributed by atoms with Crippen LogP contribution in [0.3, 0.4) is 0 Å². The molecule has 1 nitrogen and oxygen atoms in total. The van der Waals surface area contributed by atoms with Gasteiger partial charge >= 0.3 is 0 Å². The van der Waals surface area contributed by atoms with E-state index in [1.165, 1.54) is 15.6 Å². The van der Waals surface area contributed by atoms with Gasteiger partial charge < -0.3 is 5.32 Å². The minimum atomic E-state index is 0.289. The smallest absolute Gasteiger partial charge is 0.0596 e. The van der Waals surface area contributed by atoms with Crippen molar-refractivity contribution in [1.29, 1.82) is 0 Å². The molecule has 1 unspecified atom stereocenters. The molecule has 2 rings (SSSR count). The van der Waals surface area contributed by atoms with Crippen LogP contribution in [0.4, 0.5) is 0 Å². The van der Waals surface area contributed by atoms with Gasteiger partial charge in [0.15, 0.2) is 0 Å². The Labute approximate surface area is 115 Å². The van der Waals surface area contributed by atoms with Crippen molar-refractivity contribution in [2.75, 3.05) is 6.54 Å². The molecule has 17 heavy (non-hydrogen) atoms. The molecule has 0 saturated carbocycles. The fourth-order valence-electron chi connectivity index (χ4n) is 1.84. The Morgan fingerprint density at radius 3 is 2.76 bits per heavy atom. The van der Waals surface area contributed by atoms with Crippen LogP contribution in [0.25, 0.3) is 0 Å². The highest BCUT2D eigenvalue weighted by Crippen LogP contribution is 2.29. The first kappa shape index (κ1) is 12.8. The predicted octanol–water partition coefficient (Wildman–Crippen LogP) is 4.60. The molecular formula is C14H16BrNS. The van der Waals surface area contributed by atoms with E-state index in [9.17, 15) is 0 Å². The second-order valence-corrected chi connectivity index (χ2v) is 5.60. The second-order valence-electron chi connectivity index (χ2n) is 3.97. The lowest BCUT2D eigenvalue weighted by Crippen LogP contribution is -2.23. The van der Waals surface area contributed by atoms with Gasteiger partial charge in [-0.1, -0.05) is 41.1 Å². The molecule has 1 aromatic carbocycles. The average Bonchev–Trinajstić information content (AvgIpc) is 2.85. The lowest BCUT2D eigenvalue weighted by atomic mass is 10.0. The zero-order valence-electron chi connectivity index (χ0n) is 9.82. The van der Waals surface area contributed by atoms with E-state index in [0.717, 1.165) is 13.0 Å². The van der Waals surface area contributed by atoms with Crippen molar-refractivity contribution >= 4 is 27.3 Å². The van der Waals surface area contributed by atoms with Gasteiger partial charge in [0.1, 0.15) is 0 Å². The molecule has 0 bridgehead atoms. The van der Waals surface area contributed by atoms with E-state index in [1.807, 2.05) is 0 Å². The van der Waals surface area contributed by atoms with Gasteiger partial charge in [-0.3, -0.25) is 0 Å². The zero-order valence-corrected chi connectivity index (χ0v) is 12.2. The summed E-state index contributed by atoms with van der Waals surface area (Å²) >= 11 is 5.38. The Morgan fingerprint density at radius 1 is 1.29 bits per heavy atom. The van der Waals surface area contributed by atoms with Crippen LogP contribution in [0.1, 0.15) is 30.5 Å². The maximum absolute atomic E-state index is 3.64. The first-order chi connectivity index (χ1) is 8.33. The summed E-state index contributed by atoms with van der Waals surface area (Å²) in [7, 11) is 0. The molecule has 0 fully saturated rings. The molecule has 90 valence electrons. The summed E-state index contributed by atoms with van der Waals surface area (Å²) in [6.07, 6.45) is 1.14. The molecule has 0 aliphatic carbocycles. The highest BCUT2D eigenvalue weighted by Gasteiger charge is 2.15. The average molecular weight is 310 g/mol. The number of thiophene rings is 1. The number of hydrogen-bond acceptors (Lipinski definition) is 2. The normalized spacial score (nSPS) is 12.6. The molecule has 1 aromatic heterocycles. The van der Waals surface area contributed by atoms with Gasteiger partial charge in [-0.25, -0.2) is 0 Å². The monoisotopic (exact) mass is 309 g/mol. The first-order valence-corrected chi connectivity index (χ1v) is 7.56. The van der Waals surface area contributed by atoms with Gasteiger partial charge in [0.2, 0.25) is 0 Å². The van der Waals surface area contributed by atoms with Crippen LogP contribution < -0.4 is 5.32 Å². The minimum Gasteiger partial charge on any atom is -0.306 e. The highest BCUT2D eigenvalue weighted by molar-refractivity contribution is 9.10. The summed E-state index contributed by atoms with van der Waals surface area (Å²) in [4.78, 5) is 0. The molecule has 0 aliphatic heterocycles. The Morgan fingerprint density at radius 2 is 2.12 bits per heavy atom. The van der Waals surface area contributed by atoms with E-state index in [0.29, 0.717) is 0 Å². The summed E-state index contributed by atoms with van der Waals surface area (Å²) in [6, 6.07) is 10.9. The molecule has 0 spiro atoms. The minimum absolute atomic E-state index is 0.289. The fraction of sp³-hybridized carbons (Fsp3) is 0.286. The van der Waals surface area contributed by atoms with E-state index in [-0.39, 0.29) is 6.04 Å². The summed E-state index contributed by atoms with van der Waals surface area (Å²) < 4.78 is 1.17. The third-order valence-corrected chi connectivity index (χ3v) is 4.11. The summed E-state index contributed by atoms with van der Waals surface area (Å²) in [5.74, 6) is 0. The van der Waals surface area contributed by atoms with Crippen molar-refractivity contribution in [3.05, 3.63) is 56.7 Å². The maximum atomic E-state index is 3.64. The van der Waals surface area contributed by atoms with Crippen molar-refractivity contribution in [3.8, 4) is 0 Å². The van der Waals surface area contributed by atoms with Crippen LogP contribution in [-0.2, 0) is 0 Å². The Hall–Kier alpha value is -0.640. The van der Waals surface area contributed by atoms with Crippen LogP contribution in [-0.4, -0.2) is 6.54 Å². The molecule has 0 saturated heterocycles. The molecule has 1 heterocycles. The van der Waals surface area contributed by atoms with Gasteiger partial charge in [-0.15, -0.1) is 0 Å². The molecule has 0 radical (unpaired) electrons. The maximum Gasteiger partial charge on any atom is 0.0596 e. The number of halogens is 1. The molecule has 0 aliphatic rings. The quantitative estimate of drug-likeness (QED) is 0.851. The Balaban J connectivity index is 2.30. The molecular weight excluding hydrogens is 294 g/mol. The van der Waals surface area contributed by atoms with E-state index in [4.69, 9.17) is 0 Å². The van der Waals surface area contributed by atoms with Crippen LogP contribution in [0.2, 0.25) is 0 Å². The zero-order chi connectivity index (χ0) is 12.1. The summed E-state index contributed by atoms with van der Waals surface area (Å²) in [5, 5.41) is 7.95. The fourth-order valence-corrected chi connectivity index (χ4v) is 3.04. The van der Waals surface area contributed by atoms with Gasteiger partial charge in [-0.2, -0.15) is 11.3 Å². The van der Waals surface area contributed by atoms with Crippen molar-refractivity contribution in [2.24, 2.45) is 0 Å². The summed E-state index contributed by atoms with van der Waals surface area (Å²) in [6.45, 7) is 3.22. The molecule has 2 aromatic rings. The van der Waals surface area contributed by atoms with Crippen molar-refractivity contribution in [1.82, 2.24) is 5.32 Å². The molecule has 3 heteroatoms. The van der Waals surface area contributed by atoms with Crippen LogP contribution >= 0.6 is 27.3 Å². The standard InChI is InChI=1S/C14H16BrNS/c1-2-8-16-14(11-7-9-17-10-11)12-5-3-4-6-13(12)15/h3-7,9-10,14,16H,2,8H2,1H3. The lowest BCUT2D eigenvalue weighted by molar-refractivity contribution is 0.598. The van der Waals surface area contributed by atoms with Gasteiger partial charge in [0, 0.05) is 4.47 Å². The van der Waals surface area contributed by atoms with Gasteiger partial charge in [0.25, 0.3) is 0 Å². The lowest BCUT2D eigenvalue weighted by Gasteiger charge is -2.19. The number of benzene rings is 1. The van der Waals surface area contributed by atoms with Crippen molar-refractivity contribution in [2.45, 2.75) is 19.4 Å². The van der Waals surface area contributed by atoms with Gasteiger partial charge in [0.05, 0.1) is 6.04 Å². The number of hydrogen-bond donors (Lipinski definition) is 1. The third kappa shape index (κ3) is 3.18. The first-order valence-electron chi connectivity index (χ1n) is 5.83. The number of rotatable bonds is 5. The Bertz CT molecular complexity index is 453. The van der Waals surface area contributed by atoms with Crippen LogP contribution in [0, 0.1) is 0 Å². The van der Waals surface area contributed by atoms with E-state index in [2.05, 4.69) is 69.3 Å². The van der Waals surface area contributed by atoms with E-state index < -0.39 is 0 Å². The van der Waals surface area contributed by atoms with Crippen LogP contribution in [0.15, 0.2) is 45.6 Å². The summed E-state index contributed by atoms with van der Waals surface area (Å²) in [5.41, 5.74) is 2.65.